The standard InChI is InChI=1S/C13H22O3/c1-9(5-6-14)7-11-8-12(15)13(3,4)10(2)16-11/h6,10-12,15H,1,5,7-8H2,2-4H3/t10?,11-,12+/m1/s1. The molecule has 1 unspecified atom stereocenters. The van der Waals surface area contributed by atoms with Crippen LogP contribution in [-0.2, 0) is 9.53 Å². The Morgan fingerprint density at radius 2 is 2.25 bits per heavy atom. The number of hydrogen-bond donors (Lipinski definition) is 1. The van der Waals surface area contributed by atoms with Crippen LogP contribution in [0, 0.1) is 5.41 Å². The first-order chi connectivity index (χ1) is 7.37. The highest BCUT2D eigenvalue weighted by Crippen LogP contribution is 2.37. The second-order valence-electron chi connectivity index (χ2n) is 5.30. The van der Waals surface area contributed by atoms with Gasteiger partial charge in [-0.25, -0.2) is 0 Å². The molecule has 1 saturated heterocycles. The van der Waals surface area contributed by atoms with E-state index in [2.05, 4.69) is 6.58 Å². The van der Waals surface area contributed by atoms with E-state index < -0.39 is 0 Å². The van der Waals surface area contributed by atoms with Crippen LogP contribution in [0.15, 0.2) is 12.2 Å². The van der Waals surface area contributed by atoms with Gasteiger partial charge < -0.3 is 14.6 Å². The van der Waals surface area contributed by atoms with Gasteiger partial charge in [-0.2, -0.15) is 0 Å². The van der Waals surface area contributed by atoms with Gasteiger partial charge in [0.1, 0.15) is 6.29 Å². The number of carbonyl (C=O) groups excluding carboxylic acids is 1. The monoisotopic (exact) mass is 226 g/mol. The number of carbonyl (C=O) groups is 1. The normalized spacial score (nSPS) is 33.4. The average molecular weight is 226 g/mol. The fourth-order valence-electron chi connectivity index (χ4n) is 2.00. The van der Waals surface area contributed by atoms with Gasteiger partial charge in [0, 0.05) is 18.3 Å². The van der Waals surface area contributed by atoms with E-state index in [0.717, 1.165) is 11.9 Å². The van der Waals surface area contributed by atoms with Crippen molar-refractivity contribution < 1.29 is 14.6 Å². The summed E-state index contributed by atoms with van der Waals surface area (Å²) in [7, 11) is 0. The molecule has 1 aliphatic heterocycles. The SMILES string of the molecule is C=C(CC=O)C[C@@H]1C[C@H](O)C(C)(C)C(C)O1. The topological polar surface area (TPSA) is 46.5 Å². The predicted molar refractivity (Wildman–Crippen MR) is 63.2 cm³/mol. The number of hydrogen-bond acceptors (Lipinski definition) is 3. The maximum atomic E-state index is 10.3. The fraction of sp³-hybridized carbons (Fsp3) is 0.769. The van der Waals surface area contributed by atoms with E-state index in [4.69, 9.17) is 4.74 Å². The van der Waals surface area contributed by atoms with Gasteiger partial charge in [-0.3, -0.25) is 0 Å². The lowest BCUT2D eigenvalue weighted by Gasteiger charge is -2.44. The minimum absolute atomic E-state index is 0.00882. The Hall–Kier alpha value is -0.670. The van der Waals surface area contributed by atoms with E-state index in [9.17, 15) is 9.90 Å². The van der Waals surface area contributed by atoms with Crippen molar-refractivity contribution in [1.82, 2.24) is 0 Å². The molecule has 3 nitrogen and oxygen atoms in total. The summed E-state index contributed by atoms with van der Waals surface area (Å²) >= 11 is 0. The molecule has 0 amide bonds. The van der Waals surface area contributed by atoms with Crippen LogP contribution in [0.25, 0.3) is 0 Å². The summed E-state index contributed by atoms with van der Waals surface area (Å²) in [5, 5.41) is 10.0. The smallest absolute Gasteiger partial charge is 0.124 e. The lowest BCUT2D eigenvalue weighted by molar-refractivity contribution is -0.165. The molecule has 0 bridgehead atoms. The number of aldehydes is 1. The molecule has 1 aliphatic rings. The van der Waals surface area contributed by atoms with E-state index in [1.165, 1.54) is 0 Å². The van der Waals surface area contributed by atoms with Crippen molar-refractivity contribution >= 4 is 6.29 Å². The van der Waals surface area contributed by atoms with Crippen LogP contribution in [0.4, 0.5) is 0 Å². The van der Waals surface area contributed by atoms with Gasteiger partial charge in [-0.05, 0) is 13.3 Å². The van der Waals surface area contributed by atoms with Crippen LogP contribution in [0.1, 0.15) is 40.0 Å². The fourth-order valence-corrected chi connectivity index (χ4v) is 2.00. The molecule has 0 aromatic rings. The first kappa shape index (κ1) is 13.4. The van der Waals surface area contributed by atoms with Gasteiger partial charge in [0.25, 0.3) is 0 Å². The highest BCUT2D eigenvalue weighted by molar-refractivity contribution is 5.53. The molecule has 1 fully saturated rings. The molecule has 3 atom stereocenters. The highest BCUT2D eigenvalue weighted by Gasteiger charge is 2.41. The lowest BCUT2D eigenvalue weighted by Crippen LogP contribution is -2.49. The van der Waals surface area contributed by atoms with Gasteiger partial charge >= 0.3 is 0 Å². The summed E-state index contributed by atoms with van der Waals surface area (Å²) in [6.45, 7) is 9.84. The maximum Gasteiger partial charge on any atom is 0.124 e. The van der Waals surface area contributed by atoms with Crippen LogP contribution < -0.4 is 0 Å². The second kappa shape index (κ2) is 5.11. The van der Waals surface area contributed by atoms with E-state index in [1.54, 1.807) is 0 Å². The molecule has 0 radical (unpaired) electrons. The summed E-state index contributed by atoms with van der Waals surface area (Å²) in [4.78, 5) is 10.3. The summed E-state index contributed by atoms with van der Waals surface area (Å²) in [6, 6.07) is 0. The van der Waals surface area contributed by atoms with E-state index >= 15 is 0 Å². The average Bonchev–Trinajstić information content (AvgIpc) is 2.15. The number of rotatable bonds is 4. The molecular formula is C13H22O3. The van der Waals surface area contributed by atoms with Crippen LogP contribution in [-0.4, -0.2) is 29.7 Å². The molecule has 0 spiro atoms. The Morgan fingerprint density at radius 1 is 1.62 bits per heavy atom. The molecule has 0 saturated carbocycles. The molecule has 92 valence electrons. The molecule has 0 aliphatic carbocycles. The summed E-state index contributed by atoms with van der Waals surface area (Å²) in [6.07, 6.45) is 2.18. The first-order valence-electron chi connectivity index (χ1n) is 5.81. The van der Waals surface area contributed by atoms with Crippen molar-refractivity contribution in [3.63, 3.8) is 0 Å². The summed E-state index contributed by atoms with van der Waals surface area (Å²) in [5.41, 5.74) is 0.668. The van der Waals surface area contributed by atoms with Crippen molar-refractivity contribution in [3.8, 4) is 0 Å². The first-order valence-corrected chi connectivity index (χ1v) is 5.81. The van der Waals surface area contributed by atoms with Crippen molar-refractivity contribution in [2.75, 3.05) is 0 Å². The van der Waals surface area contributed by atoms with Crippen LogP contribution in [0.2, 0.25) is 0 Å². The molecule has 16 heavy (non-hydrogen) atoms. The molecule has 3 heteroatoms. The second-order valence-corrected chi connectivity index (χ2v) is 5.30. The third-order valence-corrected chi connectivity index (χ3v) is 3.68. The van der Waals surface area contributed by atoms with Crippen LogP contribution in [0.3, 0.4) is 0 Å². The predicted octanol–water partition coefficient (Wildman–Crippen LogP) is 2.09. The molecule has 1 heterocycles. The highest BCUT2D eigenvalue weighted by atomic mass is 16.5. The minimum Gasteiger partial charge on any atom is -0.392 e. The maximum absolute atomic E-state index is 10.3. The van der Waals surface area contributed by atoms with E-state index in [0.29, 0.717) is 19.3 Å². The third-order valence-electron chi connectivity index (χ3n) is 3.68. The largest absolute Gasteiger partial charge is 0.392 e. The third kappa shape index (κ3) is 2.92. The number of aliphatic hydroxyl groups is 1. The van der Waals surface area contributed by atoms with Crippen LogP contribution >= 0.6 is 0 Å². The van der Waals surface area contributed by atoms with Gasteiger partial charge in [0.15, 0.2) is 0 Å². The van der Waals surface area contributed by atoms with Crippen LogP contribution in [0.5, 0.6) is 0 Å². The van der Waals surface area contributed by atoms with Crippen molar-refractivity contribution in [3.05, 3.63) is 12.2 Å². The van der Waals surface area contributed by atoms with Crippen molar-refractivity contribution in [1.29, 1.82) is 0 Å². The van der Waals surface area contributed by atoms with E-state index in [1.807, 2.05) is 20.8 Å². The zero-order chi connectivity index (χ0) is 12.3. The Morgan fingerprint density at radius 3 is 2.75 bits per heavy atom. The van der Waals surface area contributed by atoms with Gasteiger partial charge in [-0.15, -0.1) is 0 Å². The van der Waals surface area contributed by atoms with Gasteiger partial charge in [0.2, 0.25) is 0 Å². The molecular weight excluding hydrogens is 204 g/mol. The Kier molecular flexibility index (Phi) is 4.28. The number of ether oxygens (including phenoxy) is 1. The Balaban J connectivity index is 2.54. The molecule has 1 N–H and O–H groups in total. The van der Waals surface area contributed by atoms with Gasteiger partial charge in [0.05, 0.1) is 18.3 Å². The Bertz CT molecular complexity index is 256. The molecule has 0 aromatic carbocycles. The zero-order valence-electron chi connectivity index (χ0n) is 10.4. The Labute approximate surface area is 97.5 Å². The molecule has 0 aromatic heterocycles. The lowest BCUT2D eigenvalue weighted by atomic mass is 9.76. The van der Waals surface area contributed by atoms with E-state index in [-0.39, 0.29) is 23.7 Å². The number of aliphatic hydroxyl groups excluding tert-OH is 1. The summed E-state index contributed by atoms with van der Waals surface area (Å²) < 4.78 is 5.85. The molecule has 1 rings (SSSR count). The van der Waals surface area contributed by atoms with Crippen molar-refractivity contribution in [2.24, 2.45) is 5.41 Å². The van der Waals surface area contributed by atoms with Gasteiger partial charge in [-0.1, -0.05) is 26.0 Å². The zero-order valence-corrected chi connectivity index (χ0v) is 10.4. The summed E-state index contributed by atoms with van der Waals surface area (Å²) in [5.74, 6) is 0. The minimum atomic E-state index is -0.356. The quantitative estimate of drug-likeness (QED) is 0.589. The van der Waals surface area contributed by atoms with Crippen molar-refractivity contribution in [2.45, 2.75) is 58.3 Å².